The van der Waals surface area contributed by atoms with E-state index in [1.165, 1.54) is 0 Å². The van der Waals surface area contributed by atoms with Crippen LogP contribution in [-0.4, -0.2) is 33.4 Å². The third-order valence-corrected chi connectivity index (χ3v) is 3.62. The van der Waals surface area contributed by atoms with Crippen LogP contribution in [0.25, 0.3) is 0 Å². The van der Waals surface area contributed by atoms with E-state index in [0.29, 0.717) is 17.9 Å². The molecule has 1 atom stereocenters. The molecule has 0 spiro atoms. The number of hydrogen-bond donors (Lipinski definition) is 3. The second-order valence-corrected chi connectivity index (χ2v) is 4.62. The van der Waals surface area contributed by atoms with Crippen molar-refractivity contribution in [3.8, 4) is 0 Å². The Balaban J connectivity index is 1.98. The third-order valence-electron chi connectivity index (χ3n) is 3.62. The van der Waals surface area contributed by atoms with Crippen molar-refractivity contribution >= 4 is 11.9 Å². The molecule has 0 saturated carbocycles. The van der Waals surface area contributed by atoms with Gasteiger partial charge in [-0.15, -0.1) is 5.10 Å². The van der Waals surface area contributed by atoms with Crippen molar-refractivity contribution in [3.05, 3.63) is 0 Å². The van der Waals surface area contributed by atoms with Crippen molar-refractivity contribution in [2.45, 2.75) is 51.2 Å². The lowest BCUT2D eigenvalue weighted by atomic mass is 9.86. The number of hydrogen-bond acceptors (Lipinski definition) is 5. The lowest BCUT2D eigenvalue weighted by Crippen LogP contribution is -2.43. The van der Waals surface area contributed by atoms with Gasteiger partial charge in [-0.3, -0.25) is 0 Å². The summed E-state index contributed by atoms with van der Waals surface area (Å²) in [5.41, 5.74) is 5.51. The first-order chi connectivity index (χ1) is 8.17. The second-order valence-electron chi connectivity index (χ2n) is 4.62. The van der Waals surface area contributed by atoms with E-state index >= 15 is 0 Å². The van der Waals surface area contributed by atoms with Gasteiger partial charge in [0.05, 0.1) is 5.60 Å². The summed E-state index contributed by atoms with van der Waals surface area (Å²) in [6.45, 7) is 5.15. The Morgan fingerprint density at radius 1 is 1.53 bits per heavy atom. The van der Waals surface area contributed by atoms with Crippen LogP contribution in [0.4, 0.5) is 11.9 Å². The van der Waals surface area contributed by atoms with Crippen molar-refractivity contribution in [3.63, 3.8) is 0 Å². The summed E-state index contributed by atoms with van der Waals surface area (Å²) in [6.07, 6.45) is 4.06. The quantitative estimate of drug-likeness (QED) is 0.741. The minimum absolute atomic E-state index is 0.0117. The first-order valence-corrected chi connectivity index (χ1v) is 6.26. The molecule has 0 radical (unpaired) electrons. The Morgan fingerprint density at radius 2 is 2.29 bits per heavy atom. The molecule has 1 aliphatic rings. The molecular formula is C11H21N5O. The molecule has 1 aromatic rings. The van der Waals surface area contributed by atoms with E-state index in [0.717, 1.165) is 32.3 Å². The highest BCUT2D eigenvalue weighted by Crippen LogP contribution is 2.32. The lowest BCUT2D eigenvalue weighted by Gasteiger charge is -2.40. The molecule has 2 heterocycles. The maximum Gasteiger partial charge on any atom is 0.243 e. The molecule has 2 rings (SSSR count). The highest BCUT2D eigenvalue weighted by molar-refractivity contribution is 5.31. The molecule has 1 fully saturated rings. The Bertz CT molecular complexity index is 360. The molecule has 4 N–H and O–H groups in total. The number of nitrogens with zero attached hydrogens (tertiary/aromatic N) is 2. The number of aromatic amines is 1. The molecule has 96 valence electrons. The Morgan fingerprint density at radius 3 is 2.88 bits per heavy atom. The molecular weight excluding hydrogens is 218 g/mol. The standard InChI is InChI=1S/C11H21N5O/c1-3-11(4-2)7-8(5-6-17-11)13-10-14-9(12)15-16-10/h8H,3-7H2,1-2H3,(H4,12,13,14,15,16). The van der Waals surface area contributed by atoms with Gasteiger partial charge in [0.2, 0.25) is 11.9 Å². The maximum absolute atomic E-state index is 5.92. The van der Waals surface area contributed by atoms with Crippen molar-refractivity contribution in [1.29, 1.82) is 0 Å². The number of H-pyrrole nitrogens is 1. The van der Waals surface area contributed by atoms with Crippen molar-refractivity contribution < 1.29 is 4.74 Å². The molecule has 17 heavy (non-hydrogen) atoms. The van der Waals surface area contributed by atoms with Crippen LogP contribution < -0.4 is 11.1 Å². The number of nitrogen functional groups attached to an aromatic ring is 1. The summed E-state index contributed by atoms with van der Waals surface area (Å²) >= 11 is 0. The van der Waals surface area contributed by atoms with Crippen LogP contribution in [0.3, 0.4) is 0 Å². The largest absolute Gasteiger partial charge is 0.375 e. The predicted molar refractivity (Wildman–Crippen MR) is 66.7 cm³/mol. The summed E-state index contributed by atoms with van der Waals surface area (Å²) in [6, 6.07) is 0.360. The maximum atomic E-state index is 5.92. The summed E-state index contributed by atoms with van der Waals surface area (Å²) in [7, 11) is 0. The zero-order chi connectivity index (χ0) is 12.3. The molecule has 6 nitrogen and oxygen atoms in total. The van der Waals surface area contributed by atoms with Crippen molar-refractivity contribution in [2.75, 3.05) is 17.7 Å². The van der Waals surface area contributed by atoms with Gasteiger partial charge in [0, 0.05) is 12.6 Å². The molecule has 0 aromatic carbocycles. The van der Waals surface area contributed by atoms with Crippen LogP contribution in [0.1, 0.15) is 39.5 Å². The summed E-state index contributed by atoms with van der Waals surface area (Å²) in [4.78, 5) is 4.06. The fraction of sp³-hybridized carbons (Fsp3) is 0.818. The van der Waals surface area contributed by atoms with Crippen molar-refractivity contribution in [2.24, 2.45) is 0 Å². The van der Waals surface area contributed by atoms with E-state index < -0.39 is 0 Å². The van der Waals surface area contributed by atoms with Gasteiger partial charge in [-0.25, -0.2) is 5.10 Å². The number of rotatable bonds is 4. The van der Waals surface area contributed by atoms with Gasteiger partial charge >= 0.3 is 0 Å². The third kappa shape index (κ3) is 2.69. The van der Waals surface area contributed by atoms with Gasteiger partial charge in [0.15, 0.2) is 0 Å². The summed E-state index contributed by atoms with van der Waals surface area (Å²) in [5.74, 6) is 0.923. The molecule has 0 aliphatic carbocycles. The molecule has 6 heteroatoms. The predicted octanol–water partition coefficient (Wildman–Crippen LogP) is 1.54. The van der Waals surface area contributed by atoms with Gasteiger partial charge in [-0.05, 0) is 25.7 Å². The smallest absolute Gasteiger partial charge is 0.243 e. The fourth-order valence-corrected chi connectivity index (χ4v) is 2.42. The Kier molecular flexibility index (Phi) is 3.51. The van der Waals surface area contributed by atoms with E-state index in [-0.39, 0.29) is 5.60 Å². The minimum Gasteiger partial charge on any atom is -0.375 e. The Hall–Kier alpha value is -1.30. The molecule has 0 amide bonds. The first-order valence-electron chi connectivity index (χ1n) is 6.26. The number of aromatic nitrogens is 3. The number of anilines is 2. The number of nitrogens with two attached hydrogens (primary N) is 1. The normalized spacial score (nSPS) is 23.5. The topological polar surface area (TPSA) is 88.9 Å². The zero-order valence-corrected chi connectivity index (χ0v) is 10.5. The number of ether oxygens (including phenoxy) is 1. The molecule has 1 saturated heterocycles. The van der Waals surface area contributed by atoms with Crippen LogP contribution in [0.2, 0.25) is 0 Å². The van der Waals surface area contributed by atoms with Crippen molar-refractivity contribution in [1.82, 2.24) is 15.2 Å². The van der Waals surface area contributed by atoms with Gasteiger partial charge in [-0.1, -0.05) is 13.8 Å². The van der Waals surface area contributed by atoms with Gasteiger partial charge in [0.1, 0.15) is 0 Å². The zero-order valence-electron chi connectivity index (χ0n) is 10.5. The van der Waals surface area contributed by atoms with E-state index in [2.05, 4.69) is 34.3 Å². The molecule has 1 unspecified atom stereocenters. The van der Waals surface area contributed by atoms with E-state index in [1.54, 1.807) is 0 Å². The second kappa shape index (κ2) is 4.91. The van der Waals surface area contributed by atoms with E-state index in [4.69, 9.17) is 10.5 Å². The monoisotopic (exact) mass is 239 g/mol. The fourth-order valence-electron chi connectivity index (χ4n) is 2.42. The van der Waals surface area contributed by atoms with Crippen LogP contribution in [0.5, 0.6) is 0 Å². The van der Waals surface area contributed by atoms with Crippen LogP contribution >= 0.6 is 0 Å². The average molecular weight is 239 g/mol. The molecule has 1 aromatic heterocycles. The first kappa shape index (κ1) is 12.2. The summed E-state index contributed by atoms with van der Waals surface area (Å²) < 4.78 is 5.92. The van der Waals surface area contributed by atoms with Gasteiger partial charge < -0.3 is 15.8 Å². The Labute approximate surface area is 101 Å². The molecule has 1 aliphatic heterocycles. The van der Waals surface area contributed by atoms with Crippen LogP contribution in [-0.2, 0) is 4.74 Å². The number of nitrogens with one attached hydrogen (secondary N) is 2. The average Bonchev–Trinajstić information content (AvgIpc) is 2.75. The lowest BCUT2D eigenvalue weighted by molar-refractivity contribution is -0.0865. The minimum atomic E-state index is 0.0117. The van der Waals surface area contributed by atoms with Crippen LogP contribution in [0, 0.1) is 0 Å². The van der Waals surface area contributed by atoms with E-state index in [9.17, 15) is 0 Å². The highest BCUT2D eigenvalue weighted by atomic mass is 16.5. The SMILES string of the molecule is CCC1(CC)CC(Nc2n[nH]c(N)n2)CCO1. The van der Waals surface area contributed by atoms with E-state index in [1.807, 2.05) is 0 Å². The van der Waals surface area contributed by atoms with Crippen LogP contribution in [0.15, 0.2) is 0 Å². The molecule has 0 bridgehead atoms. The van der Waals surface area contributed by atoms with Gasteiger partial charge in [-0.2, -0.15) is 4.98 Å². The highest BCUT2D eigenvalue weighted by Gasteiger charge is 2.34. The van der Waals surface area contributed by atoms with Gasteiger partial charge in [0.25, 0.3) is 0 Å². The summed E-state index contributed by atoms with van der Waals surface area (Å²) in [5, 5.41) is 9.94.